The number of hydrogen-bond donors (Lipinski definition) is 1. The normalized spacial score (nSPS) is 41.6. The predicted octanol–water partition coefficient (Wildman–Crippen LogP) is 4.55. The molecule has 172 valence electrons. The van der Waals surface area contributed by atoms with E-state index in [-0.39, 0.29) is 23.0 Å². The van der Waals surface area contributed by atoms with Crippen LogP contribution in [-0.2, 0) is 19.1 Å². The van der Waals surface area contributed by atoms with Gasteiger partial charge in [-0.25, -0.2) is 0 Å². The van der Waals surface area contributed by atoms with Crippen LogP contribution in [0.3, 0.4) is 0 Å². The minimum absolute atomic E-state index is 0.0716. The zero-order valence-electron chi connectivity index (χ0n) is 19.4. The number of esters is 1. The average Bonchev–Trinajstić information content (AvgIpc) is 3.05. The number of aliphatic hydroxyl groups excluding tert-OH is 1. The first kappa shape index (κ1) is 22.7. The molecule has 4 aliphatic carbocycles. The molecule has 0 amide bonds. The van der Waals surface area contributed by atoms with Crippen molar-refractivity contribution in [2.75, 3.05) is 6.61 Å². The molecule has 0 aliphatic heterocycles. The highest BCUT2D eigenvalue weighted by molar-refractivity contribution is 5.92. The van der Waals surface area contributed by atoms with Gasteiger partial charge in [0.15, 0.2) is 11.4 Å². The number of Topliss-reactive ketones (excluding diaryl/α,β-unsaturated/α-hetero) is 1. The number of hydrogen-bond acceptors (Lipinski definition) is 5. The predicted molar refractivity (Wildman–Crippen MR) is 117 cm³/mol. The molecule has 5 heteroatoms. The summed E-state index contributed by atoms with van der Waals surface area (Å²) in [7, 11) is 0. The van der Waals surface area contributed by atoms with Gasteiger partial charge in [-0.15, -0.1) is 0 Å². The van der Waals surface area contributed by atoms with Gasteiger partial charge in [-0.05, 0) is 80.6 Å². The molecule has 0 radical (unpaired) electrons. The minimum atomic E-state index is -1.19. The highest BCUT2D eigenvalue weighted by Crippen LogP contribution is 2.68. The van der Waals surface area contributed by atoms with Crippen LogP contribution in [0.25, 0.3) is 0 Å². The van der Waals surface area contributed by atoms with Crippen molar-refractivity contribution in [3.8, 4) is 0 Å². The Morgan fingerprint density at radius 2 is 1.84 bits per heavy atom. The first-order chi connectivity index (χ1) is 14.7. The van der Waals surface area contributed by atoms with Gasteiger partial charge in [-0.2, -0.15) is 0 Å². The van der Waals surface area contributed by atoms with E-state index in [1.807, 2.05) is 13.0 Å². The topological polar surface area (TPSA) is 80.7 Å². The lowest BCUT2D eigenvalue weighted by atomic mass is 9.46. The second-order valence-corrected chi connectivity index (χ2v) is 10.9. The van der Waals surface area contributed by atoms with Crippen LogP contribution < -0.4 is 0 Å². The molecule has 4 rings (SSSR count). The number of ketones is 2. The maximum atomic E-state index is 13.1. The van der Waals surface area contributed by atoms with Crippen molar-refractivity contribution in [3.63, 3.8) is 0 Å². The molecular weight excluding hydrogens is 392 g/mol. The molecule has 0 aromatic rings. The van der Waals surface area contributed by atoms with E-state index in [1.165, 1.54) is 5.57 Å². The summed E-state index contributed by atoms with van der Waals surface area (Å²) in [6.07, 6.45) is 10.6. The summed E-state index contributed by atoms with van der Waals surface area (Å²) < 4.78 is 6.05. The quantitative estimate of drug-likeness (QED) is 0.625. The first-order valence-electron chi connectivity index (χ1n) is 12.3. The van der Waals surface area contributed by atoms with Crippen LogP contribution in [0.5, 0.6) is 0 Å². The van der Waals surface area contributed by atoms with Gasteiger partial charge < -0.3 is 9.84 Å². The monoisotopic (exact) mass is 430 g/mol. The van der Waals surface area contributed by atoms with Gasteiger partial charge in [0.25, 0.3) is 0 Å². The van der Waals surface area contributed by atoms with E-state index in [0.29, 0.717) is 37.0 Å². The molecule has 1 N–H and O–H groups in total. The summed E-state index contributed by atoms with van der Waals surface area (Å²) in [6.45, 7) is 5.93. The number of rotatable bonds is 6. The first-order valence-corrected chi connectivity index (χ1v) is 12.3. The molecule has 4 aliphatic rings. The third-order valence-electron chi connectivity index (χ3n) is 9.70. The molecule has 0 aromatic carbocycles. The van der Waals surface area contributed by atoms with Crippen molar-refractivity contribution in [2.45, 2.75) is 97.0 Å². The average molecular weight is 431 g/mol. The standard InChI is InChI=1S/C26H38O5/c1-4-5-6-23(30)31-26(22(29)16-27)14-11-21-19-8-7-17-15-18(28)9-12-24(17,2)20(19)10-13-25(21,26)3/h15,19-21,27H,4-14,16H2,1-3H3/t19-,20+,21+,24+,25+,26+/m1/s1. The maximum absolute atomic E-state index is 13.1. The number of carbonyl (C=O) groups excluding carboxylic acids is 3. The highest BCUT2D eigenvalue weighted by atomic mass is 16.6. The second kappa shape index (κ2) is 8.13. The van der Waals surface area contributed by atoms with Crippen LogP contribution >= 0.6 is 0 Å². The fourth-order valence-electron chi connectivity index (χ4n) is 7.93. The Kier molecular flexibility index (Phi) is 5.95. The van der Waals surface area contributed by atoms with Crippen LogP contribution in [0.4, 0.5) is 0 Å². The molecule has 5 nitrogen and oxygen atoms in total. The van der Waals surface area contributed by atoms with Crippen molar-refractivity contribution in [3.05, 3.63) is 11.6 Å². The van der Waals surface area contributed by atoms with Crippen LogP contribution in [0.1, 0.15) is 91.4 Å². The van der Waals surface area contributed by atoms with E-state index in [9.17, 15) is 19.5 Å². The lowest BCUT2D eigenvalue weighted by molar-refractivity contribution is -0.191. The Labute approximate surface area is 186 Å². The number of unbranched alkanes of at least 4 members (excludes halogenated alkanes) is 1. The summed E-state index contributed by atoms with van der Waals surface area (Å²) in [5, 5.41) is 9.83. The number of ether oxygens (including phenoxy) is 1. The van der Waals surface area contributed by atoms with Crippen molar-refractivity contribution < 1.29 is 24.2 Å². The smallest absolute Gasteiger partial charge is 0.306 e. The highest BCUT2D eigenvalue weighted by Gasteiger charge is 2.68. The largest absolute Gasteiger partial charge is 0.450 e. The van der Waals surface area contributed by atoms with Crippen LogP contribution in [-0.4, -0.2) is 34.9 Å². The third-order valence-corrected chi connectivity index (χ3v) is 9.70. The Hall–Kier alpha value is -1.49. The summed E-state index contributed by atoms with van der Waals surface area (Å²) in [5.74, 6) is 0.910. The molecule has 0 unspecified atom stereocenters. The Balaban J connectivity index is 1.65. The lowest BCUT2D eigenvalue weighted by Gasteiger charge is -2.59. The molecular formula is C26H38O5. The van der Waals surface area contributed by atoms with Gasteiger partial charge in [0.2, 0.25) is 5.78 Å². The van der Waals surface area contributed by atoms with Crippen molar-refractivity contribution in [1.82, 2.24) is 0 Å². The van der Waals surface area contributed by atoms with E-state index in [1.54, 1.807) is 0 Å². The van der Waals surface area contributed by atoms with Gasteiger partial charge in [-0.3, -0.25) is 14.4 Å². The molecule has 0 bridgehead atoms. The number of allylic oxidation sites excluding steroid dienone is 1. The molecule has 0 spiro atoms. The molecule has 3 saturated carbocycles. The zero-order valence-corrected chi connectivity index (χ0v) is 19.4. The minimum Gasteiger partial charge on any atom is -0.450 e. The van der Waals surface area contributed by atoms with Crippen LogP contribution in [0.2, 0.25) is 0 Å². The van der Waals surface area contributed by atoms with E-state index in [4.69, 9.17) is 4.74 Å². The zero-order chi connectivity index (χ0) is 22.4. The number of aliphatic hydroxyl groups is 1. The van der Waals surface area contributed by atoms with E-state index in [2.05, 4.69) is 13.8 Å². The summed E-state index contributed by atoms with van der Waals surface area (Å²) >= 11 is 0. The van der Waals surface area contributed by atoms with Crippen molar-refractivity contribution in [2.24, 2.45) is 28.6 Å². The molecule has 0 saturated heterocycles. The maximum Gasteiger partial charge on any atom is 0.306 e. The van der Waals surface area contributed by atoms with Crippen LogP contribution in [0.15, 0.2) is 11.6 Å². The van der Waals surface area contributed by atoms with Gasteiger partial charge in [0, 0.05) is 18.3 Å². The Morgan fingerprint density at radius 1 is 1.10 bits per heavy atom. The van der Waals surface area contributed by atoms with Crippen molar-refractivity contribution >= 4 is 17.5 Å². The summed E-state index contributed by atoms with van der Waals surface area (Å²) in [4.78, 5) is 37.8. The molecule has 0 heterocycles. The second-order valence-electron chi connectivity index (χ2n) is 10.9. The fourth-order valence-corrected chi connectivity index (χ4v) is 7.93. The van der Waals surface area contributed by atoms with Gasteiger partial charge in [-0.1, -0.05) is 32.8 Å². The van der Waals surface area contributed by atoms with Gasteiger partial charge >= 0.3 is 5.97 Å². The summed E-state index contributed by atoms with van der Waals surface area (Å²) in [6, 6.07) is 0. The van der Waals surface area contributed by atoms with Gasteiger partial charge in [0.1, 0.15) is 6.61 Å². The van der Waals surface area contributed by atoms with Crippen LogP contribution in [0, 0.1) is 28.6 Å². The van der Waals surface area contributed by atoms with Gasteiger partial charge in [0.05, 0.1) is 0 Å². The number of carbonyl (C=O) groups is 3. The molecule has 31 heavy (non-hydrogen) atoms. The third kappa shape index (κ3) is 3.34. The fraction of sp³-hybridized carbons (Fsp3) is 0.808. The number of fused-ring (bicyclic) bond motifs is 5. The molecule has 6 atom stereocenters. The van der Waals surface area contributed by atoms with Crippen molar-refractivity contribution in [1.29, 1.82) is 0 Å². The lowest BCUT2D eigenvalue weighted by Crippen LogP contribution is -2.59. The molecule has 3 fully saturated rings. The summed E-state index contributed by atoms with van der Waals surface area (Å²) in [5.41, 5.74) is -0.225. The van der Waals surface area contributed by atoms with E-state index in [0.717, 1.165) is 51.4 Å². The van der Waals surface area contributed by atoms with E-state index >= 15 is 0 Å². The Bertz CT molecular complexity index is 800. The SMILES string of the molecule is CCCCC(=O)O[C@]1(C(=O)CO)CC[C@H]2[C@@H]3CCC4=CC(=O)CC[C@]4(C)[C@H]3CC[C@@]21C. The van der Waals surface area contributed by atoms with E-state index < -0.39 is 17.6 Å². The Morgan fingerprint density at radius 3 is 2.55 bits per heavy atom. The molecule has 0 aromatic heterocycles.